The van der Waals surface area contributed by atoms with Crippen molar-refractivity contribution in [2.75, 3.05) is 13.2 Å². The van der Waals surface area contributed by atoms with Crippen molar-refractivity contribution in [1.82, 2.24) is 14.8 Å². The van der Waals surface area contributed by atoms with Gasteiger partial charge in [-0.3, -0.25) is 0 Å². The summed E-state index contributed by atoms with van der Waals surface area (Å²) in [6.07, 6.45) is 0. The lowest BCUT2D eigenvalue weighted by atomic mass is 10.2. The molecule has 9 heteroatoms. The van der Waals surface area contributed by atoms with Gasteiger partial charge in [-0.25, -0.2) is 4.79 Å². The maximum Gasteiger partial charge on any atom is 0.344 e. The normalized spacial score (nSPS) is 10.8. The summed E-state index contributed by atoms with van der Waals surface area (Å²) < 4.78 is 12.3. The smallest absolute Gasteiger partial charge is 0.344 e. The molecule has 0 spiro atoms. The van der Waals surface area contributed by atoms with Gasteiger partial charge in [0.1, 0.15) is 11.6 Å². The summed E-state index contributed by atoms with van der Waals surface area (Å²) in [4.78, 5) is 12.5. The molecule has 0 amide bonds. The SMILES string of the molecule is CCOC(=O)COc1ccc(SCc2nnc(-c3ccc(Cl)c(Cl)c3)n2C)cc1C. The van der Waals surface area contributed by atoms with Crippen LogP contribution in [0.15, 0.2) is 41.3 Å². The van der Waals surface area contributed by atoms with Crippen molar-refractivity contribution in [1.29, 1.82) is 0 Å². The summed E-state index contributed by atoms with van der Waals surface area (Å²) in [5, 5.41) is 9.58. The first-order chi connectivity index (χ1) is 14.4. The van der Waals surface area contributed by atoms with Gasteiger partial charge < -0.3 is 14.0 Å². The molecule has 0 aliphatic rings. The quantitative estimate of drug-likeness (QED) is 0.330. The Labute approximate surface area is 189 Å². The monoisotopic (exact) mass is 465 g/mol. The van der Waals surface area contributed by atoms with Gasteiger partial charge in [0.2, 0.25) is 0 Å². The van der Waals surface area contributed by atoms with Gasteiger partial charge >= 0.3 is 5.97 Å². The highest BCUT2D eigenvalue weighted by atomic mass is 35.5. The van der Waals surface area contributed by atoms with E-state index in [1.54, 1.807) is 30.8 Å². The zero-order valence-electron chi connectivity index (χ0n) is 16.8. The molecule has 0 radical (unpaired) electrons. The topological polar surface area (TPSA) is 66.2 Å². The second kappa shape index (κ2) is 10.2. The number of ether oxygens (including phenoxy) is 2. The van der Waals surface area contributed by atoms with Crippen LogP contribution in [0.25, 0.3) is 11.4 Å². The Bertz CT molecular complexity index is 1060. The van der Waals surface area contributed by atoms with E-state index in [0.717, 1.165) is 27.7 Å². The minimum atomic E-state index is -0.379. The van der Waals surface area contributed by atoms with Crippen molar-refractivity contribution in [2.45, 2.75) is 24.5 Å². The van der Waals surface area contributed by atoms with Crippen LogP contribution in [0.4, 0.5) is 0 Å². The van der Waals surface area contributed by atoms with Crippen molar-refractivity contribution < 1.29 is 14.3 Å². The maximum atomic E-state index is 11.4. The molecule has 3 aromatic rings. The van der Waals surface area contributed by atoms with Gasteiger partial charge in [-0.2, -0.15) is 0 Å². The van der Waals surface area contributed by atoms with E-state index in [-0.39, 0.29) is 12.6 Å². The molecule has 0 bridgehead atoms. The first kappa shape index (κ1) is 22.5. The minimum absolute atomic E-state index is 0.0996. The molecular formula is C21H21Cl2N3O3S. The van der Waals surface area contributed by atoms with E-state index in [1.807, 2.05) is 42.8 Å². The Hall–Kier alpha value is -2.22. The third kappa shape index (κ3) is 5.47. The molecule has 30 heavy (non-hydrogen) atoms. The minimum Gasteiger partial charge on any atom is -0.482 e. The largest absolute Gasteiger partial charge is 0.482 e. The molecule has 6 nitrogen and oxygen atoms in total. The summed E-state index contributed by atoms with van der Waals surface area (Å²) in [6.45, 7) is 3.94. The summed E-state index contributed by atoms with van der Waals surface area (Å²) in [5.74, 6) is 2.49. The molecular weight excluding hydrogens is 445 g/mol. The van der Waals surface area contributed by atoms with Crippen LogP contribution in [0.3, 0.4) is 0 Å². The molecule has 1 aromatic heterocycles. The number of nitrogens with zero attached hydrogens (tertiary/aromatic N) is 3. The highest BCUT2D eigenvalue weighted by Gasteiger charge is 2.13. The highest BCUT2D eigenvalue weighted by Crippen LogP contribution is 2.30. The lowest BCUT2D eigenvalue weighted by molar-refractivity contribution is -0.145. The van der Waals surface area contributed by atoms with E-state index in [0.29, 0.717) is 28.2 Å². The fraction of sp³-hybridized carbons (Fsp3) is 0.286. The lowest BCUT2D eigenvalue weighted by Crippen LogP contribution is -2.14. The van der Waals surface area contributed by atoms with Crippen LogP contribution in [-0.4, -0.2) is 33.9 Å². The molecule has 0 unspecified atom stereocenters. The molecule has 0 saturated carbocycles. The Morgan fingerprint density at radius 2 is 1.93 bits per heavy atom. The van der Waals surface area contributed by atoms with E-state index in [4.69, 9.17) is 32.7 Å². The summed E-state index contributed by atoms with van der Waals surface area (Å²) in [6, 6.07) is 11.2. The Kier molecular flexibility index (Phi) is 7.64. The van der Waals surface area contributed by atoms with E-state index in [9.17, 15) is 4.79 Å². The Morgan fingerprint density at radius 1 is 1.13 bits per heavy atom. The van der Waals surface area contributed by atoms with Gasteiger partial charge in [-0.05, 0) is 55.8 Å². The second-order valence-corrected chi connectivity index (χ2v) is 8.30. The molecule has 0 N–H and O–H groups in total. The van der Waals surface area contributed by atoms with Crippen LogP contribution in [0, 0.1) is 6.92 Å². The fourth-order valence-corrected chi connectivity index (χ4v) is 4.00. The number of esters is 1. The third-order valence-electron chi connectivity index (χ3n) is 4.31. The second-order valence-electron chi connectivity index (χ2n) is 6.44. The number of benzene rings is 2. The van der Waals surface area contributed by atoms with Crippen LogP contribution < -0.4 is 4.74 Å². The summed E-state index contributed by atoms with van der Waals surface area (Å²) in [7, 11) is 1.92. The van der Waals surface area contributed by atoms with E-state index in [1.165, 1.54) is 0 Å². The van der Waals surface area contributed by atoms with Crippen LogP contribution in [0.1, 0.15) is 18.3 Å². The number of aromatic nitrogens is 3. The number of carbonyl (C=O) groups excluding carboxylic acids is 1. The van der Waals surface area contributed by atoms with Crippen LogP contribution in [0.2, 0.25) is 10.0 Å². The summed E-state index contributed by atoms with van der Waals surface area (Å²) >= 11 is 13.8. The van der Waals surface area contributed by atoms with Crippen molar-refractivity contribution in [3.8, 4) is 17.1 Å². The van der Waals surface area contributed by atoms with Crippen LogP contribution in [0.5, 0.6) is 5.75 Å². The van der Waals surface area contributed by atoms with E-state index >= 15 is 0 Å². The molecule has 2 aromatic carbocycles. The van der Waals surface area contributed by atoms with Gasteiger partial charge in [0.05, 0.1) is 22.4 Å². The average Bonchev–Trinajstić information content (AvgIpc) is 3.08. The van der Waals surface area contributed by atoms with Crippen LogP contribution in [-0.2, 0) is 22.3 Å². The van der Waals surface area contributed by atoms with E-state index in [2.05, 4.69) is 10.2 Å². The fourth-order valence-electron chi connectivity index (χ4n) is 2.73. The number of thioether (sulfide) groups is 1. The zero-order valence-corrected chi connectivity index (χ0v) is 19.1. The molecule has 0 saturated heterocycles. The van der Waals surface area contributed by atoms with Crippen molar-refractivity contribution >= 4 is 40.9 Å². The average molecular weight is 466 g/mol. The van der Waals surface area contributed by atoms with Crippen molar-refractivity contribution in [2.24, 2.45) is 7.05 Å². The molecule has 0 fully saturated rings. The Morgan fingerprint density at radius 3 is 2.63 bits per heavy atom. The lowest BCUT2D eigenvalue weighted by Gasteiger charge is -2.10. The molecule has 0 aliphatic carbocycles. The number of hydrogen-bond acceptors (Lipinski definition) is 6. The predicted molar refractivity (Wildman–Crippen MR) is 119 cm³/mol. The van der Waals surface area contributed by atoms with Gasteiger partial charge in [-0.1, -0.05) is 23.2 Å². The summed E-state index contributed by atoms with van der Waals surface area (Å²) in [5.41, 5.74) is 1.80. The zero-order chi connectivity index (χ0) is 21.7. The van der Waals surface area contributed by atoms with Gasteiger partial charge in [0.15, 0.2) is 12.4 Å². The number of rotatable bonds is 8. The third-order valence-corrected chi connectivity index (χ3v) is 6.04. The van der Waals surface area contributed by atoms with Gasteiger partial charge in [0.25, 0.3) is 0 Å². The molecule has 3 rings (SSSR count). The number of halogens is 2. The Balaban J connectivity index is 1.64. The van der Waals surface area contributed by atoms with Gasteiger partial charge in [0, 0.05) is 17.5 Å². The predicted octanol–water partition coefficient (Wildman–Crippen LogP) is 5.33. The van der Waals surface area contributed by atoms with Gasteiger partial charge in [-0.15, -0.1) is 22.0 Å². The maximum absolute atomic E-state index is 11.4. The first-order valence-electron chi connectivity index (χ1n) is 9.24. The number of aryl methyl sites for hydroxylation is 1. The molecule has 1 heterocycles. The molecule has 0 aliphatic heterocycles. The van der Waals surface area contributed by atoms with E-state index < -0.39 is 0 Å². The first-order valence-corrected chi connectivity index (χ1v) is 11.0. The van der Waals surface area contributed by atoms with Crippen molar-refractivity contribution in [3.05, 3.63) is 57.8 Å². The molecule has 0 atom stereocenters. The van der Waals surface area contributed by atoms with Crippen LogP contribution >= 0.6 is 35.0 Å². The van der Waals surface area contributed by atoms with Crippen molar-refractivity contribution in [3.63, 3.8) is 0 Å². The number of carbonyl (C=O) groups is 1. The highest BCUT2D eigenvalue weighted by molar-refractivity contribution is 7.98. The molecule has 158 valence electrons. The number of hydrogen-bond donors (Lipinski definition) is 0. The standard InChI is InChI=1S/C21H21Cl2N3O3S/c1-4-28-20(27)11-29-18-8-6-15(9-13(18)2)30-12-19-24-25-21(26(19)3)14-5-7-16(22)17(23)10-14/h5-10H,4,11-12H2,1-3H3.